The van der Waals surface area contributed by atoms with E-state index in [-0.39, 0.29) is 11.9 Å². The lowest BCUT2D eigenvalue weighted by atomic mass is 10.1. The van der Waals surface area contributed by atoms with Gasteiger partial charge in [-0.05, 0) is 37.7 Å². The van der Waals surface area contributed by atoms with E-state index >= 15 is 0 Å². The fourth-order valence-corrected chi connectivity index (χ4v) is 2.33. The number of nitrogens with one attached hydrogen (secondary N) is 1. The van der Waals surface area contributed by atoms with Crippen molar-refractivity contribution in [1.29, 1.82) is 0 Å². The van der Waals surface area contributed by atoms with Crippen LogP contribution in [0.25, 0.3) is 0 Å². The number of carbonyl (C=O) groups is 1. The summed E-state index contributed by atoms with van der Waals surface area (Å²) < 4.78 is 1.79. The van der Waals surface area contributed by atoms with E-state index in [0.29, 0.717) is 0 Å². The molecule has 0 aliphatic heterocycles. The Morgan fingerprint density at radius 3 is 2.77 bits per heavy atom. The van der Waals surface area contributed by atoms with Crippen LogP contribution in [0.5, 0.6) is 0 Å². The summed E-state index contributed by atoms with van der Waals surface area (Å²) in [5, 5.41) is 2.97. The van der Waals surface area contributed by atoms with Crippen molar-refractivity contribution in [3.05, 3.63) is 48.5 Å². The molecule has 2 rings (SSSR count). The number of imidazole rings is 1. The Kier molecular flexibility index (Phi) is 5.72. The third-order valence-electron chi connectivity index (χ3n) is 3.85. The van der Waals surface area contributed by atoms with Crippen molar-refractivity contribution in [2.75, 3.05) is 18.4 Å². The van der Waals surface area contributed by atoms with Crippen molar-refractivity contribution in [2.24, 2.45) is 0 Å². The fraction of sp³-hybridized carbons (Fsp3) is 0.412. The molecule has 0 bridgehead atoms. The first-order valence-electron chi connectivity index (χ1n) is 7.73. The van der Waals surface area contributed by atoms with E-state index < -0.39 is 0 Å². The van der Waals surface area contributed by atoms with Crippen molar-refractivity contribution in [3.63, 3.8) is 0 Å². The van der Waals surface area contributed by atoms with Crippen molar-refractivity contribution in [2.45, 2.75) is 33.4 Å². The van der Waals surface area contributed by atoms with E-state index in [1.807, 2.05) is 25.1 Å². The quantitative estimate of drug-likeness (QED) is 0.855. The third kappa shape index (κ3) is 4.18. The molecule has 1 amide bonds. The van der Waals surface area contributed by atoms with Crippen LogP contribution in [0, 0.1) is 0 Å². The van der Waals surface area contributed by atoms with Crippen LogP contribution >= 0.6 is 0 Å². The number of hydrogen-bond donors (Lipinski definition) is 1. The van der Waals surface area contributed by atoms with Crippen LogP contribution in [0.15, 0.2) is 43.0 Å². The molecule has 0 aliphatic rings. The molecule has 1 unspecified atom stereocenters. The first kappa shape index (κ1) is 16.2. The number of aromatic nitrogens is 2. The second-order valence-electron chi connectivity index (χ2n) is 5.34. The van der Waals surface area contributed by atoms with E-state index in [9.17, 15) is 4.79 Å². The Labute approximate surface area is 132 Å². The van der Waals surface area contributed by atoms with Gasteiger partial charge in [0.05, 0.1) is 6.33 Å². The number of benzene rings is 1. The van der Waals surface area contributed by atoms with Crippen LogP contribution in [-0.2, 0) is 11.3 Å². The maximum absolute atomic E-state index is 12.3. The lowest BCUT2D eigenvalue weighted by molar-refractivity contribution is -0.118. The Balaban J connectivity index is 2.02. The maximum Gasteiger partial charge on any atom is 0.247 e. The van der Waals surface area contributed by atoms with Crippen LogP contribution in [0.1, 0.15) is 32.4 Å². The Morgan fingerprint density at radius 2 is 2.14 bits per heavy atom. The second kappa shape index (κ2) is 7.75. The largest absolute Gasteiger partial charge is 0.325 e. The van der Waals surface area contributed by atoms with Gasteiger partial charge in [-0.25, -0.2) is 4.98 Å². The van der Waals surface area contributed by atoms with Gasteiger partial charge in [-0.3, -0.25) is 9.69 Å². The topological polar surface area (TPSA) is 50.2 Å². The second-order valence-corrected chi connectivity index (χ2v) is 5.34. The maximum atomic E-state index is 12.3. The third-order valence-corrected chi connectivity index (χ3v) is 3.85. The van der Waals surface area contributed by atoms with Crippen molar-refractivity contribution in [1.82, 2.24) is 14.5 Å². The van der Waals surface area contributed by atoms with Gasteiger partial charge >= 0.3 is 0 Å². The Hall–Kier alpha value is -2.14. The molecule has 1 atom stereocenters. The minimum Gasteiger partial charge on any atom is -0.325 e. The molecule has 5 nitrogen and oxygen atoms in total. The summed E-state index contributed by atoms with van der Waals surface area (Å²) >= 11 is 0. The van der Waals surface area contributed by atoms with Crippen LogP contribution in [0.4, 0.5) is 5.69 Å². The average molecular weight is 300 g/mol. The highest BCUT2D eigenvalue weighted by atomic mass is 16.2. The summed E-state index contributed by atoms with van der Waals surface area (Å²) in [7, 11) is 0. The summed E-state index contributed by atoms with van der Waals surface area (Å²) in [5.41, 5.74) is 2.04. The van der Waals surface area contributed by atoms with Gasteiger partial charge in [0.2, 0.25) is 5.91 Å². The smallest absolute Gasteiger partial charge is 0.247 e. The van der Waals surface area contributed by atoms with E-state index in [2.05, 4.69) is 35.1 Å². The van der Waals surface area contributed by atoms with E-state index in [4.69, 9.17) is 0 Å². The molecule has 1 heterocycles. The number of nitrogens with zero attached hydrogens (tertiary/aromatic N) is 3. The van der Waals surface area contributed by atoms with Crippen LogP contribution in [0.2, 0.25) is 0 Å². The molecule has 0 saturated carbocycles. The molecule has 5 heteroatoms. The van der Waals surface area contributed by atoms with Gasteiger partial charge in [-0.15, -0.1) is 0 Å². The first-order valence-corrected chi connectivity index (χ1v) is 7.73. The predicted octanol–water partition coefficient (Wildman–Crippen LogP) is 2.92. The predicted molar refractivity (Wildman–Crippen MR) is 88.6 cm³/mol. The number of anilines is 1. The molecule has 22 heavy (non-hydrogen) atoms. The summed E-state index contributed by atoms with van der Waals surface area (Å²) in [6.07, 6.45) is 5.12. The van der Waals surface area contributed by atoms with Crippen LogP contribution in [-0.4, -0.2) is 33.4 Å². The average Bonchev–Trinajstić information content (AvgIpc) is 3.06. The molecule has 1 aromatic heterocycles. The monoisotopic (exact) mass is 300 g/mol. The molecule has 2 aromatic rings. The molecular weight excluding hydrogens is 276 g/mol. The van der Waals surface area contributed by atoms with Gasteiger partial charge in [0.1, 0.15) is 6.04 Å². The zero-order valence-electron chi connectivity index (χ0n) is 13.5. The molecule has 0 spiro atoms. The lowest BCUT2D eigenvalue weighted by Gasteiger charge is -2.19. The van der Waals surface area contributed by atoms with Crippen molar-refractivity contribution in [3.8, 4) is 0 Å². The molecular formula is C17H24N4O. The van der Waals surface area contributed by atoms with Crippen LogP contribution in [0.3, 0.4) is 0 Å². The highest BCUT2D eigenvalue weighted by Gasteiger charge is 2.14. The number of rotatable bonds is 7. The highest BCUT2D eigenvalue weighted by Crippen LogP contribution is 2.15. The number of carbonyl (C=O) groups excluding carboxylic acids is 1. The molecule has 118 valence electrons. The summed E-state index contributed by atoms with van der Waals surface area (Å²) in [4.78, 5) is 18.6. The molecule has 0 aliphatic carbocycles. The van der Waals surface area contributed by atoms with Crippen LogP contribution < -0.4 is 5.32 Å². The molecule has 1 aromatic carbocycles. The van der Waals surface area contributed by atoms with E-state index in [1.54, 1.807) is 23.3 Å². The summed E-state index contributed by atoms with van der Waals surface area (Å²) in [5.74, 6) is -0.0435. The van der Waals surface area contributed by atoms with Gasteiger partial charge < -0.3 is 9.88 Å². The summed E-state index contributed by atoms with van der Waals surface area (Å²) in [6, 6.07) is 7.75. The standard InChI is InChI=1S/C17H24N4O/c1-4-20(5-2)12-15-7-6-8-16(11-15)19-17(22)14(3)21-10-9-18-13-21/h6-11,13-14H,4-5,12H2,1-3H3,(H,19,22). The van der Waals surface area contributed by atoms with Crippen molar-refractivity contribution < 1.29 is 4.79 Å². The molecule has 0 fully saturated rings. The molecule has 1 N–H and O–H groups in total. The van der Waals surface area contributed by atoms with Gasteiger partial charge in [-0.1, -0.05) is 26.0 Å². The molecule has 0 saturated heterocycles. The highest BCUT2D eigenvalue weighted by molar-refractivity contribution is 5.93. The van der Waals surface area contributed by atoms with Gasteiger partial charge in [0.25, 0.3) is 0 Å². The first-order chi connectivity index (χ1) is 10.6. The fourth-order valence-electron chi connectivity index (χ4n) is 2.33. The van der Waals surface area contributed by atoms with Gasteiger partial charge in [0, 0.05) is 24.6 Å². The van der Waals surface area contributed by atoms with Gasteiger partial charge in [0.15, 0.2) is 0 Å². The number of hydrogen-bond acceptors (Lipinski definition) is 3. The molecule has 0 radical (unpaired) electrons. The minimum absolute atomic E-state index is 0.0435. The Morgan fingerprint density at radius 1 is 1.36 bits per heavy atom. The van der Waals surface area contributed by atoms with Crippen molar-refractivity contribution >= 4 is 11.6 Å². The zero-order chi connectivity index (χ0) is 15.9. The van der Waals surface area contributed by atoms with E-state index in [0.717, 1.165) is 25.3 Å². The van der Waals surface area contributed by atoms with Gasteiger partial charge in [-0.2, -0.15) is 0 Å². The van der Waals surface area contributed by atoms with E-state index in [1.165, 1.54) is 5.56 Å². The minimum atomic E-state index is -0.283. The summed E-state index contributed by atoms with van der Waals surface area (Å²) in [6.45, 7) is 9.10. The SMILES string of the molecule is CCN(CC)Cc1cccc(NC(=O)C(C)n2ccnc2)c1. The lowest BCUT2D eigenvalue weighted by Crippen LogP contribution is -2.23. The number of amides is 1. The zero-order valence-corrected chi connectivity index (χ0v) is 13.5. The normalized spacial score (nSPS) is 12.4. The Bertz CT molecular complexity index is 590.